The van der Waals surface area contributed by atoms with E-state index in [-0.39, 0.29) is 18.2 Å². The third-order valence-electron chi connectivity index (χ3n) is 4.44. The van der Waals surface area contributed by atoms with Gasteiger partial charge in [-0.1, -0.05) is 12.1 Å². The highest BCUT2D eigenvalue weighted by atomic mass is 16.5. The number of methoxy groups -OCH3 is 1. The summed E-state index contributed by atoms with van der Waals surface area (Å²) in [6.07, 6.45) is 2.85. The number of para-hydroxylation sites is 2. The topological polar surface area (TPSA) is 79.8 Å². The first-order valence-corrected chi connectivity index (χ1v) is 8.80. The molecule has 6 nitrogen and oxygen atoms in total. The average Bonchev–Trinajstić information content (AvgIpc) is 2.65. The van der Waals surface area contributed by atoms with Gasteiger partial charge in [-0.15, -0.1) is 0 Å². The molecule has 1 aliphatic rings. The molecule has 0 spiro atoms. The van der Waals surface area contributed by atoms with Crippen molar-refractivity contribution in [2.45, 2.75) is 37.8 Å². The number of aliphatic hydroxyl groups excluding tert-OH is 1. The molecule has 1 fully saturated rings. The fraction of sp³-hybridized carbons (Fsp3) is 0.350. The molecule has 0 bridgehead atoms. The third kappa shape index (κ3) is 4.89. The molecule has 3 N–H and O–H groups in total. The Hall–Kier alpha value is -2.73. The van der Waals surface area contributed by atoms with Gasteiger partial charge in [-0.05, 0) is 62.1 Å². The van der Waals surface area contributed by atoms with Crippen LogP contribution in [0.5, 0.6) is 17.2 Å². The van der Waals surface area contributed by atoms with Crippen LogP contribution in [0.25, 0.3) is 0 Å². The van der Waals surface area contributed by atoms with Crippen LogP contribution in [0.15, 0.2) is 48.5 Å². The Kier molecular flexibility index (Phi) is 5.96. The van der Waals surface area contributed by atoms with E-state index in [0.29, 0.717) is 22.9 Å². The summed E-state index contributed by atoms with van der Waals surface area (Å²) in [5.41, 5.74) is 0.686. The molecule has 138 valence electrons. The Labute approximate surface area is 153 Å². The number of amides is 2. The van der Waals surface area contributed by atoms with Gasteiger partial charge in [-0.25, -0.2) is 4.79 Å². The van der Waals surface area contributed by atoms with Crippen LogP contribution in [0.1, 0.15) is 25.7 Å². The van der Waals surface area contributed by atoms with E-state index in [1.54, 1.807) is 31.4 Å². The Morgan fingerprint density at radius 3 is 2.31 bits per heavy atom. The first-order valence-electron chi connectivity index (χ1n) is 8.80. The van der Waals surface area contributed by atoms with Crippen molar-refractivity contribution in [3.63, 3.8) is 0 Å². The second-order valence-corrected chi connectivity index (χ2v) is 6.38. The first kappa shape index (κ1) is 18.1. The minimum absolute atomic E-state index is 0.117. The fourth-order valence-corrected chi connectivity index (χ4v) is 3.01. The van der Waals surface area contributed by atoms with E-state index in [1.165, 1.54) is 0 Å². The van der Waals surface area contributed by atoms with Gasteiger partial charge >= 0.3 is 6.03 Å². The summed E-state index contributed by atoms with van der Waals surface area (Å²) in [7, 11) is 1.60. The normalized spacial score (nSPS) is 19.5. The molecule has 0 aliphatic heterocycles. The molecule has 2 aromatic carbocycles. The number of rotatable bonds is 5. The third-order valence-corrected chi connectivity index (χ3v) is 4.44. The number of aliphatic hydroxyl groups is 1. The van der Waals surface area contributed by atoms with Gasteiger partial charge in [-0.2, -0.15) is 0 Å². The summed E-state index contributed by atoms with van der Waals surface area (Å²) in [4.78, 5) is 12.1. The van der Waals surface area contributed by atoms with Crippen molar-refractivity contribution in [3.8, 4) is 17.2 Å². The molecule has 3 rings (SSSR count). The van der Waals surface area contributed by atoms with Crippen molar-refractivity contribution in [1.82, 2.24) is 5.32 Å². The van der Waals surface area contributed by atoms with E-state index in [9.17, 15) is 9.90 Å². The lowest BCUT2D eigenvalue weighted by atomic mass is 9.93. The number of carbonyl (C=O) groups is 1. The van der Waals surface area contributed by atoms with Crippen LogP contribution in [0.4, 0.5) is 10.5 Å². The summed E-state index contributed by atoms with van der Waals surface area (Å²) in [5.74, 6) is 1.95. The maximum atomic E-state index is 12.1. The molecule has 1 aliphatic carbocycles. The smallest absolute Gasteiger partial charge is 0.319 e. The van der Waals surface area contributed by atoms with Crippen molar-refractivity contribution in [3.05, 3.63) is 48.5 Å². The monoisotopic (exact) mass is 356 g/mol. The zero-order chi connectivity index (χ0) is 18.4. The van der Waals surface area contributed by atoms with E-state index < -0.39 is 0 Å². The van der Waals surface area contributed by atoms with Gasteiger partial charge in [0, 0.05) is 11.7 Å². The number of anilines is 1. The van der Waals surface area contributed by atoms with Crippen molar-refractivity contribution in [2.24, 2.45) is 0 Å². The lowest BCUT2D eigenvalue weighted by Gasteiger charge is -2.26. The number of benzene rings is 2. The zero-order valence-corrected chi connectivity index (χ0v) is 14.8. The van der Waals surface area contributed by atoms with E-state index in [0.717, 1.165) is 25.7 Å². The summed E-state index contributed by atoms with van der Waals surface area (Å²) >= 11 is 0. The van der Waals surface area contributed by atoms with Crippen LogP contribution in [0.2, 0.25) is 0 Å². The molecule has 0 aromatic heterocycles. The summed E-state index contributed by atoms with van der Waals surface area (Å²) < 4.78 is 11.1. The average molecular weight is 356 g/mol. The Bertz CT molecular complexity index is 725. The van der Waals surface area contributed by atoms with Crippen LogP contribution >= 0.6 is 0 Å². The van der Waals surface area contributed by atoms with E-state index in [1.807, 2.05) is 24.3 Å². The first-order chi connectivity index (χ1) is 12.6. The highest BCUT2D eigenvalue weighted by Crippen LogP contribution is 2.31. The molecule has 0 unspecified atom stereocenters. The molecule has 0 saturated heterocycles. The van der Waals surface area contributed by atoms with Crippen molar-refractivity contribution < 1.29 is 19.4 Å². The number of ether oxygens (including phenoxy) is 2. The van der Waals surface area contributed by atoms with Gasteiger partial charge < -0.3 is 25.2 Å². The van der Waals surface area contributed by atoms with Gasteiger partial charge in [0.2, 0.25) is 0 Å². The SMILES string of the molecule is COc1ccccc1Oc1ccc(NC(=O)NC2CCC(O)CC2)cc1. The van der Waals surface area contributed by atoms with Crippen LogP contribution in [0.3, 0.4) is 0 Å². The van der Waals surface area contributed by atoms with E-state index >= 15 is 0 Å². The molecule has 2 aromatic rings. The van der Waals surface area contributed by atoms with Gasteiger partial charge in [-0.3, -0.25) is 0 Å². The Balaban J connectivity index is 1.53. The summed E-state index contributed by atoms with van der Waals surface area (Å²) in [6.45, 7) is 0. The minimum Gasteiger partial charge on any atom is -0.493 e. The molecule has 0 heterocycles. The van der Waals surface area contributed by atoms with E-state index in [2.05, 4.69) is 10.6 Å². The van der Waals surface area contributed by atoms with Crippen LogP contribution in [-0.2, 0) is 0 Å². The van der Waals surface area contributed by atoms with Gasteiger partial charge in [0.1, 0.15) is 5.75 Å². The zero-order valence-electron chi connectivity index (χ0n) is 14.8. The molecule has 26 heavy (non-hydrogen) atoms. The molecular weight excluding hydrogens is 332 g/mol. The number of urea groups is 1. The van der Waals surface area contributed by atoms with E-state index in [4.69, 9.17) is 9.47 Å². The highest BCUT2D eigenvalue weighted by Gasteiger charge is 2.20. The maximum Gasteiger partial charge on any atom is 0.319 e. The highest BCUT2D eigenvalue weighted by molar-refractivity contribution is 5.89. The standard InChI is InChI=1S/C20H24N2O4/c1-25-18-4-2-3-5-19(18)26-17-12-8-15(9-13-17)22-20(24)21-14-6-10-16(23)11-7-14/h2-5,8-9,12-14,16,23H,6-7,10-11H2,1H3,(H2,21,22,24). The predicted octanol–water partition coefficient (Wildman–Crippen LogP) is 3.91. The number of hydrogen-bond donors (Lipinski definition) is 3. The number of carbonyl (C=O) groups excluding carboxylic acids is 1. The molecule has 1 saturated carbocycles. The van der Waals surface area contributed by atoms with Crippen molar-refractivity contribution in [1.29, 1.82) is 0 Å². The maximum absolute atomic E-state index is 12.1. The van der Waals surface area contributed by atoms with Crippen LogP contribution < -0.4 is 20.1 Å². The number of nitrogens with one attached hydrogen (secondary N) is 2. The number of hydrogen-bond acceptors (Lipinski definition) is 4. The summed E-state index contributed by atoms with van der Waals surface area (Å²) in [5, 5.41) is 15.3. The van der Waals surface area contributed by atoms with Gasteiger partial charge in [0.15, 0.2) is 11.5 Å². The van der Waals surface area contributed by atoms with Crippen molar-refractivity contribution >= 4 is 11.7 Å². The lowest BCUT2D eigenvalue weighted by Crippen LogP contribution is -2.40. The molecular formula is C20H24N2O4. The molecule has 6 heteroatoms. The molecule has 0 atom stereocenters. The van der Waals surface area contributed by atoms with Gasteiger partial charge in [0.25, 0.3) is 0 Å². The van der Waals surface area contributed by atoms with Crippen LogP contribution in [0, 0.1) is 0 Å². The van der Waals surface area contributed by atoms with Gasteiger partial charge in [0.05, 0.1) is 13.2 Å². The van der Waals surface area contributed by atoms with Crippen LogP contribution in [-0.4, -0.2) is 30.4 Å². The van der Waals surface area contributed by atoms with Crippen molar-refractivity contribution in [2.75, 3.05) is 12.4 Å². The predicted molar refractivity (Wildman–Crippen MR) is 99.9 cm³/mol. The molecule has 0 radical (unpaired) electrons. The largest absolute Gasteiger partial charge is 0.493 e. The minimum atomic E-state index is -0.232. The lowest BCUT2D eigenvalue weighted by molar-refractivity contribution is 0.118. The summed E-state index contributed by atoms with van der Waals surface area (Å²) in [6, 6.07) is 14.5. The second kappa shape index (κ2) is 8.58. The Morgan fingerprint density at radius 2 is 1.65 bits per heavy atom. The fourth-order valence-electron chi connectivity index (χ4n) is 3.01. The Morgan fingerprint density at radius 1 is 1.00 bits per heavy atom. The molecule has 2 amide bonds. The quantitative estimate of drug-likeness (QED) is 0.759. The second-order valence-electron chi connectivity index (χ2n) is 6.38.